The third kappa shape index (κ3) is 4.30. The minimum Gasteiger partial charge on any atom is -0.353 e. The van der Waals surface area contributed by atoms with Crippen molar-refractivity contribution < 1.29 is 9.59 Å². The van der Waals surface area contributed by atoms with Crippen LogP contribution in [0, 0.1) is 0 Å². The van der Waals surface area contributed by atoms with E-state index in [9.17, 15) is 9.59 Å². The maximum atomic E-state index is 12.6. The molecule has 1 fully saturated rings. The number of benzene rings is 1. The normalized spacial score (nSPS) is 19.6. The van der Waals surface area contributed by atoms with Gasteiger partial charge in [-0.25, -0.2) is 4.98 Å². The number of anilines is 2. The van der Waals surface area contributed by atoms with E-state index in [1.54, 1.807) is 6.20 Å². The molecule has 2 aromatic rings. The van der Waals surface area contributed by atoms with Crippen LogP contribution in [0.25, 0.3) is 0 Å². The third-order valence-corrected chi connectivity index (χ3v) is 6.52. The number of piperazine rings is 1. The number of nitrogens with zero attached hydrogens (tertiary/aromatic N) is 3. The van der Waals surface area contributed by atoms with Crippen LogP contribution in [-0.2, 0) is 16.0 Å². The second-order valence-corrected chi connectivity index (χ2v) is 8.23. The summed E-state index contributed by atoms with van der Waals surface area (Å²) < 4.78 is 0. The van der Waals surface area contributed by atoms with Gasteiger partial charge in [0.2, 0.25) is 11.8 Å². The first kappa shape index (κ1) is 18.8. The van der Waals surface area contributed by atoms with E-state index in [2.05, 4.69) is 21.3 Å². The molecule has 0 radical (unpaired) electrons. The molecule has 1 saturated heterocycles. The van der Waals surface area contributed by atoms with Gasteiger partial charge in [-0.3, -0.25) is 9.59 Å². The van der Waals surface area contributed by atoms with Crippen LogP contribution >= 0.6 is 11.8 Å². The van der Waals surface area contributed by atoms with Gasteiger partial charge in [-0.2, -0.15) is 0 Å². The highest BCUT2D eigenvalue weighted by molar-refractivity contribution is 8.01. The summed E-state index contributed by atoms with van der Waals surface area (Å²) in [6.07, 6.45) is 3.40. The van der Waals surface area contributed by atoms with Gasteiger partial charge in [-0.15, -0.1) is 11.8 Å². The number of nitrogens with one attached hydrogen (secondary N) is 1. The predicted octanol–water partition coefficient (Wildman–Crippen LogP) is 2.42. The fraction of sp³-hybridized carbons (Fsp3) is 0.381. The Labute approximate surface area is 169 Å². The van der Waals surface area contributed by atoms with Crippen molar-refractivity contribution in [2.75, 3.05) is 42.1 Å². The fourth-order valence-electron chi connectivity index (χ4n) is 3.64. The van der Waals surface area contributed by atoms with Crippen molar-refractivity contribution in [3.63, 3.8) is 0 Å². The number of rotatable bonds is 4. The molecule has 0 aliphatic carbocycles. The number of carbonyl (C=O) groups excluding carboxylic acids is 2. The zero-order valence-corrected chi connectivity index (χ0v) is 16.5. The molecule has 0 bridgehead atoms. The van der Waals surface area contributed by atoms with Gasteiger partial charge in [-0.1, -0.05) is 24.3 Å². The van der Waals surface area contributed by atoms with E-state index in [1.807, 2.05) is 41.3 Å². The Kier molecular flexibility index (Phi) is 5.81. The number of amides is 2. The van der Waals surface area contributed by atoms with Gasteiger partial charge in [-0.05, 0) is 36.6 Å². The molecule has 3 heterocycles. The number of fused-ring (bicyclic) bond motifs is 1. The van der Waals surface area contributed by atoms with Gasteiger partial charge in [0.05, 0.1) is 11.0 Å². The second-order valence-electron chi connectivity index (χ2n) is 7.04. The highest BCUT2D eigenvalue weighted by Crippen LogP contribution is 2.27. The molecule has 1 atom stereocenters. The van der Waals surface area contributed by atoms with E-state index >= 15 is 0 Å². The summed E-state index contributed by atoms with van der Waals surface area (Å²) in [6.45, 7) is 2.95. The average Bonchev–Trinajstić information content (AvgIpc) is 2.91. The molecule has 1 aromatic heterocycles. The second kappa shape index (κ2) is 8.65. The molecule has 0 saturated carbocycles. The van der Waals surface area contributed by atoms with E-state index in [-0.39, 0.29) is 17.1 Å². The summed E-state index contributed by atoms with van der Waals surface area (Å²) >= 11 is 1.46. The minimum absolute atomic E-state index is 0.00252. The molecule has 1 aromatic carbocycles. The van der Waals surface area contributed by atoms with Crippen molar-refractivity contribution in [2.24, 2.45) is 0 Å². The van der Waals surface area contributed by atoms with Crippen LogP contribution in [0.5, 0.6) is 0 Å². The molecule has 1 N–H and O–H groups in total. The maximum Gasteiger partial charge on any atom is 0.237 e. The van der Waals surface area contributed by atoms with Crippen molar-refractivity contribution in [1.82, 2.24) is 9.88 Å². The standard InChI is InChI=1S/C21H24N4O2S/c26-20(25-13-11-24(12-14-25)19-7-3-4-10-22-19)15-28-18-9-8-16-5-1-2-6-17(16)23-21(18)27/h1-7,10,18H,8-9,11-15H2,(H,23,27)/t18-/m1/s1. The first-order valence-corrected chi connectivity index (χ1v) is 10.7. The first-order valence-electron chi connectivity index (χ1n) is 9.65. The summed E-state index contributed by atoms with van der Waals surface area (Å²) in [5.41, 5.74) is 2.06. The van der Waals surface area contributed by atoms with Gasteiger partial charge >= 0.3 is 0 Å². The smallest absolute Gasteiger partial charge is 0.237 e. The average molecular weight is 397 g/mol. The lowest BCUT2D eigenvalue weighted by Gasteiger charge is -2.35. The van der Waals surface area contributed by atoms with E-state index in [0.29, 0.717) is 18.8 Å². The Morgan fingerprint density at radius 2 is 1.89 bits per heavy atom. The summed E-state index contributed by atoms with van der Waals surface area (Å²) in [5.74, 6) is 1.42. The Morgan fingerprint density at radius 1 is 1.11 bits per heavy atom. The molecule has 0 unspecified atom stereocenters. The number of para-hydroxylation sites is 1. The minimum atomic E-state index is -0.189. The zero-order chi connectivity index (χ0) is 19.3. The van der Waals surface area contributed by atoms with Crippen molar-refractivity contribution in [3.8, 4) is 0 Å². The number of aromatic nitrogens is 1. The summed E-state index contributed by atoms with van der Waals surface area (Å²) in [4.78, 5) is 33.6. The van der Waals surface area contributed by atoms with Crippen LogP contribution in [0.15, 0.2) is 48.7 Å². The maximum absolute atomic E-state index is 12.6. The molecule has 6 nitrogen and oxygen atoms in total. The number of thioether (sulfide) groups is 1. The summed E-state index contributed by atoms with van der Waals surface area (Å²) in [5, 5.41) is 2.81. The van der Waals surface area contributed by atoms with Gasteiger partial charge in [0.15, 0.2) is 0 Å². The summed E-state index contributed by atoms with van der Waals surface area (Å²) in [6, 6.07) is 13.8. The molecular formula is C21H24N4O2S. The molecule has 146 valence electrons. The van der Waals surface area contributed by atoms with Crippen LogP contribution < -0.4 is 10.2 Å². The number of carbonyl (C=O) groups is 2. The van der Waals surface area contributed by atoms with Crippen LogP contribution in [0.4, 0.5) is 11.5 Å². The molecule has 0 spiro atoms. The number of hydrogen-bond acceptors (Lipinski definition) is 5. The van der Waals surface area contributed by atoms with Crippen molar-refractivity contribution in [2.45, 2.75) is 18.1 Å². The molecule has 4 rings (SSSR count). The van der Waals surface area contributed by atoms with E-state index in [0.717, 1.165) is 43.0 Å². The van der Waals surface area contributed by atoms with Crippen LogP contribution in [0.3, 0.4) is 0 Å². The monoisotopic (exact) mass is 396 g/mol. The van der Waals surface area contributed by atoms with Crippen LogP contribution in [-0.4, -0.2) is 58.9 Å². The van der Waals surface area contributed by atoms with Gasteiger partial charge in [0.25, 0.3) is 0 Å². The highest BCUT2D eigenvalue weighted by Gasteiger charge is 2.27. The number of aryl methyl sites for hydroxylation is 1. The zero-order valence-electron chi connectivity index (χ0n) is 15.7. The lowest BCUT2D eigenvalue weighted by molar-refractivity contribution is -0.128. The molecule has 2 aliphatic heterocycles. The van der Waals surface area contributed by atoms with Crippen LogP contribution in [0.2, 0.25) is 0 Å². The lowest BCUT2D eigenvalue weighted by atomic mass is 10.1. The fourth-order valence-corrected chi connectivity index (χ4v) is 4.66. The highest BCUT2D eigenvalue weighted by atomic mass is 32.2. The summed E-state index contributed by atoms with van der Waals surface area (Å²) in [7, 11) is 0. The molecule has 2 amide bonds. The Hall–Kier alpha value is -2.54. The third-order valence-electron chi connectivity index (χ3n) is 5.26. The molecule has 7 heteroatoms. The Bertz CT molecular complexity index is 837. The van der Waals surface area contributed by atoms with Crippen molar-refractivity contribution in [3.05, 3.63) is 54.2 Å². The quantitative estimate of drug-likeness (QED) is 0.860. The topological polar surface area (TPSA) is 65.5 Å². The van der Waals surface area contributed by atoms with Gasteiger partial charge in [0.1, 0.15) is 5.82 Å². The Morgan fingerprint density at radius 3 is 2.68 bits per heavy atom. The van der Waals surface area contributed by atoms with Gasteiger partial charge in [0, 0.05) is 38.1 Å². The number of hydrogen-bond donors (Lipinski definition) is 1. The van der Waals surface area contributed by atoms with Gasteiger partial charge < -0.3 is 15.1 Å². The van der Waals surface area contributed by atoms with E-state index in [1.165, 1.54) is 11.8 Å². The Balaban J connectivity index is 1.26. The molecule has 28 heavy (non-hydrogen) atoms. The molecular weight excluding hydrogens is 372 g/mol. The predicted molar refractivity (Wildman–Crippen MR) is 113 cm³/mol. The molecule has 2 aliphatic rings. The van der Waals surface area contributed by atoms with Crippen molar-refractivity contribution in [1.29, 1.82) is 0 Å². The largest absolute Gasteiger partial charge is 0.353 e. The SMILES string of the molecule is O=C1Nc2ccccc2CC[C@H]1SCC(=O)N1CCN(c2ccccn2)CC1. The van der Waals surface area contributed by atoms with Crippen LogP contribution in [0.1, 0.15) is 12.0 Å². The van der Waals surface area contributed by atoms with E-state index < -0.39 is 0 Å². The first-order chi connectivity index (χ1) is 13.7. The van der Waals surface area contributed by atoms with Crippen molar-refractivity contribution >= 4 is 35.1 Å². The number of pyridine rings is 1. The van der Waals surface area contributed by atoms with E-state index in [4.69, 9.17) is 0 Å². The lowest BCUT2D eigenvalue weighted by Crippen LogP contribution is -2.49.